The number of carbonyl (C=O) groups is 2. The molecule has 1 heterocycles. The fourth-order valence-corrected chi connectivity index (χ4v) is 2.48. The van der Waals surface area contributed by atoms with E-state index in [0.29, 0.717) is 6.54 Å². The van der Waals surface area contributed by atoms with Crippen LogP contribution < -0.4 is 10.6 Å². The van der Waals surface area contributed by atoms with E-state index in [1.807, 2.05) is 13.8 Å². The minimum Gasteiger partial charge on any atom is -0.359 e. The van der Waals surface area contributed by atoms with Gasteiger partial charge in [0.2, 0.25) is 11.8 Å². The fraction of sp³-hybridized carbons (Fsp3) is 0.846. The fourth-order valence-electron chi connectivity index (χ4n) is 2.48. The van der Waals surface area contributed by atoms with Crippen LogP contribution in [0.5, 0.6) is 0 Å². The van der Waals surface area contributed by atoms with Crippen molar-refractivity contribution in [1.82, 2.24) is 15.5 Å². The molecule has 0 aromatic heterocycles. The van der Waals surface area contributed by atoms with Crippen molar-refractivity contribution in [2.45, 2.75) is 26.7 Å². The van der Waals surface area contributed by atoms with Crippen LogP contribution in [0.4, 0.5) is 0 Å². The summed E-state index contributed by atoms with van der Waals surface area (Å²) < 4.78 is 0. The second-order valence-electron chi connectivity index (χ2n) is 5.51. The SMILES string of the molecule is CNC(=O)C(C)CN(C)C(=O)C1(C)CCNCC1. The maximum atomic E-state index is 12.4. The molecule has 104 valence electrons. The van der Waals surface area contributed by atoms with Crippen molar-refractivity contribution < 1.29 is 9.59 Å². The summed E-state index contributed by atoms with van der Waals surface area (Å²) in [7, 11) is 3.41. The van der Waals surface area contributed by atoms with Crippen molar-refractivity contribution in [2.75, 3.05) is 33.7 Å². The Kier molecular flexibility index (Phi) is 5.14. The third kappa shape index (κ3) is 3.45. The van der Waals surface area contributed by atoms with Crippen molar-refractivity contribution >= 4 is 11.8 Å². The Hall–Kier alpha value is -1.10. The molecule has 1 unspecified atom stereocenters. The van der Waals surface area contributed by atoms with E-state index in [2.05, 4.69) is 10.6 Å². The van der Waals surface area contributed by atoms with Gasteiger partial charge in [0.15, 0.2) is 0 Å². The molecule has 0 aliphatic carbocycles. The minimum absolute atomic E-state index is 0.0230. The van der Waals surface area contributed by atoms with E-state index in [9.17, 15) is 9.59 Å². The van der Waals surface area contributed by atoms with Gasteiger partial charge in [-0.3, -0.25) is 9.59 Å². The molecule has 1 atom stereocenters. The Bertz CT molecular complexity index is 311. The topological polar surface area (TPSA) is 61.4 Å². The van der Waals surface area contributed by atoms with Gasteiger partial charge in [-0.25, -0.2) is 0 Å². The molecule has 18 heavy (non-hydrogen) atoms. The summed E-state index contributed by atoms with van der Waals surface area (Å²) in [6, 6.07) is 0. The first-order chi connectivity index (χ1) is 8.40. The van der Waals surface area contributed by atoms with E-state index in [1.165, 1.54) is 0 Å². The maximum Gasteiger partial charge on any atom is 0.228 e. The number of carbonyl (C=O) groups excluding carboxylic acids is 2. The molecule has 5 nitrogen and oxygen atoms in total. The maximum absolute atomic E-state index is 12.4. The Labute approximate surface area is 109 Å². The summed E-state index contributed by atoms with van der Waals surface area (Å²) in [4.78, 5) is 25.6. The molecule has 1 rings (SSSR count). The molecule has 1 saturated heterocycles. The average Bonchev–Trinajstić information content (AvgIpc) is 2.37. The molecule has 0 aromatic rings. The van der Waals surface area contributed by atoms with E-state index in [1.54, 1.807) is 19.0 Å². The lowest BCUT2D eigenvalue weighted by Gasteiger charge is -2.36. The minimum atomic E-state index is -0.275. The van der Waals surface area contributed by atoms with Crippen LogP contribution >= 0.6 is 0 Å². The highest BCUT2D eigenvalue weighted by atomic mass is 16.2. The normalized spacial score (nSPS) is 20.0. The molecule has 0 saturated carbocycles. The zero-order valence-corrected chi connectivity index (χ0v) is 11.9. The lowest BCUT2D eigenvalue weighted by molar-refractivity contribution is -0.142. The van der Waals surface area contributed by atoms with Gasteiger partial charge in [0, 0.05) is 26.1 Å². The van der Waals surface area contributed by atoms with Crippen molar-refractivity contribution in [3.63, 3.8) is 0 Å². The molecule has 5 heteroatoms. The van der Waals surface area contributed by atoms with Crippen LogP contribution in [0.1, 0.15) is 26.7 Å². The first kappa shape index (κ1) is 15.0. The molecule has 2 N–H and O–H groups in total. The third-order valence-electron chi connectivity index (χ3n) is 3.81. The number of nitrogens with one attached hydrogen (secondary N) is 2. The predicted octanol–water partition coefficient (Wildman–Crippen LogP) is 0.217. The van der Waals surface area contributed by atoms with Gasteiger partial charge >= 0.3 is 0 Å². The number of piperidine rings is 1. The summed E-state index contributed by atoms with van der Waals surface area (Å²) >= 11 is 0. The van der Waals surface area contributed by atoms with Gasteiger partial charge in [-0.1, -0.05) is 13.8 Å². The first-order valence-corrected chi connectivity index (χ1v) is 6.58. The van der Waals surface area contributed by atoms with Crippen molar-refractivity contribution in [1.29, 1.82) is 0 Å². The van der Waals surface area contributed by atoms with Crippen LogP contribution in [-0.2, 0) is 9.59 Å². The second-order valence-corrected chi connectivity index (χ2v) is 5.51. The largest absolute Gasteiger partial charge is 0.359 e. The lowest BCUT2D eigenvalue weighted by Crippen LogP contribution is -2.48. The van der Waals surface area contributed by atoms with Gasteiger partial charge in [0.05, 0.1) is 5.92 Å². The van der Waals surface area contributed by atoms with Crippen molar-refractivity contribution in [3.05, 3.63) is 0 Å². The smallest absolute Gasteiger partial charge is 0.228 e. The highest BCUT2D eigenvalue weighted by molar-refractivity contribution is 5.83. The second kappa shape index (κ2) is 6.18. The Morgan fingerprint density at radius 3 is 2.44 bits per heavy atom. The Morgan fingerprint density at radius 2 is 1.94 bits per heavy atom. The average molecular weight is 255 g/mol. The van der Waals surface area contributed by atoms with E-state index < -0.39 is 0 Å². The van der Waals surface area contributed by atoms with E-state index >= 15 is 0 Å². The van der Waals surface area contributed by atoms with E-state index in [0.717, 1.165) is 25.9 Å². The van der Waals surface area contributed by atoms with Gasteiger partial charge < -0.3 is 15.5 Å². The van der Waals surface area contributed by atoms with Gasteiger partial charge in [-0.2, -0.15) is 0 Å². The number of nitrogens with zero attached hydrogens (tertiary/aromatic N) is 1. The molecule has 1 fully saturated rings. The van der Waals surface area contributed by atoms with E-state index in [-0.39, 0.29) is 23.1 Å². The number of hydrogen-bond acceptors (Lipinski definition) is 3. The Balaban J connectivity index is 2.57. The molecular weight excluding hydrogens is 230 g/mol. The molecular formula is C13H25N3O2. The molecule has 1 aliphatic heterocycles. The van der Waals surface area contributed by atoms with Crippen LogP contribution in [-0.4, -0.2) is 50.4 Å². The van der Waals surface area contributed by atoms with Crippen molar-refractivity contribution in [2.24, 2.45) is 11.3 Å². The summed E-state index contributed by atoms with van der Waals surface area (Å²) in [5.74, 6) is -0.0425. The number of amides is 2. The standard InChI is InChI=1S/C13H25N3O2/c1-10(11(17)14-3)9-16(4)12(18)13(2)5-7-15-8-6-13/h10,15H,5-9H2,1-4H3,(H,14,17). The summed E-state index contributed by atoms with van der Waals surface area (Å²) in [6.45, 7) is 6.12. The summed E-state index contributed by atoms with van der Waals surface area (Å²) in [5.41, 5.74) is -0.275. The van der Waals surface area contributed by atoms with Crippen LogP contribution in [0.15, 0.2) is 0 Å². The zero-order valence-electron chi connectivity index (χ0n) is 11.9. The first-order valence-electron chi connectivity index (χ1n) is 6.58. The highest BCUT2D eigenvalue weighted by Gasteiger charge is 2.37. The monoisotopic (exact) mass is 255 g/mol. The van der Waals surface area contributed by atoms with Gasteiger partial charge in [0.25, 0.3) is 0 Å². The van der Waals surface area contributed by atoms with Crippen LogP contribution in [0.25, 0.3) is 0 Å². The predicted molar refractivity (Wildman–Crippen MR) is 71.1 cm³/mol. The molecule has 2 amide bonds. The molecule has 0 spiro atoms. The molecule has 0 aromatic carbocycles. The third-order valence-corrected chi connectivity index (χ3v) is 3.81. The molecule has 0 bridgehead atoms. The van der Waals surface area contributed by atoms with Crippen LogP contribution in [0.2, 0.25) is 0 Å². The van der Waals surface area contributed by atoms with Gasteiger partial charge in [0.1, 0.15) is 0 Å². The van der Waals surface area contributed by atoms with Crippen molar-refractivity contribution in [3.8, 4) is 0 Å². The lowest BCUT2D eigenvalue weighted by atomic mass is 9.79. The summed E-state index contributed by atoms with van der Waals surface area (Å²) in [5, 5.41) is 5.88. The Morgan fingerprint density at radius 1 is 1.39 bits per heavy atom. The number of hydrogen-bond donors (Lipinski definition) is 2. The molecule has 0 radical (unpaired) electrons. The van der Waals surface area contributed by atoms with Gasteiger partial charge in [-0.05, 0) is 25.9 Å². The number of rotatable bonds is 4. The van der Waals surface area contributed by atoms with Gasteiger partial charge in [-0.15, -0.1) is 0 Å². The highest BCUT2D eigenvalue weighted by Crippen LogP contribution is 2.30. The zero-order chi connectivity index (χ0) is 13.8. The van der Waals surface area contributed by atoms with Crippen LogP contribution in [0.3, 0.4) is 0 Å². The summed E-state index contributed by atoms with van der Waals surface area (Å²) in [6.07, 6.45) is 1.73. The van der Waals surface area contributed by atoms with E-state index in [4.69, 9.17) is 0 Å². The van der Waals surface area contributed by atoms with Crippen LogP contribution in [0, 0.1) is 11.3 Å². The molecule has 1 aliphatic rings. The quantitative estimate of drug-likeness (QED) is 0.755.